The van der Waals surface area contributed by atoms with Crippen LogP contribution in [0.25, 0.3) is 0 Å². The Morgan fingerprint density at radius 3 is 3.00 bits per heavy atom. The molecule has 1 aliphatic carbocycles. The number of nitrogen functional groups attached to an aromatic ring is 1. The summed E-state index contributed by atoms with van der Waals surface area (Å²) in [5, 5.41) is 0. The van der Waals surface area contributed by atoms with E-state index < -0.39 is 0 Å². The summed E-state index contributed by atoms with van der Waals surface area (Å²) in [4.78, 5) is 19.5. The molecule has 0 saturated heterocycles. The van der Waals surface area contributed by atoms with Gasteiger partial charge in [-0.1, -0.05) is 0 Å². The van der Waals surface area contributed by atoms with Gasteiger partial charge in [-0.15, -0.1) is 0 Å². The summed E-state index contributed by atoms with van der Waals surface area (Å²) in [7, 11) is 0. The van der Waals surface area contributed by atoms with Gasteiger partial charge in [0, 0.05) is 12.1 Å². The summed E-state index contributed by atoms with van der Waals surface area (Å²) in [5.74, 6) is 0.207. The first kappa shape index (κ1) is 9.89. The van der Waals surface area contributed by atoms with E-state index in [0.717, 1.165) is 18.5 Å². The molecule has 0 radical (unpaired) electrons. The Kier molecular flexibility index (Phi) is 2.53. The van der Waals surface area contributed by atoms with Crippen LogP contribution >= 0.6 is 0 Å². The van der Waals surface area contributed by atoms with Crippen molar-refractivity contribution in [3.8, 4) is 0 Å². The van der Waals surface area contributed by atoms with Gasteiger partial charge in [0.05, 0.1) is 17.9 Å². The van der Waals surface area contributed by atoms with Gasteiger partial charge in [-0.05, 0) is 19.8 Å². The molecule has 15 heavy (non-hydrogen) atoms. The van der Waals surface area contributed by atoms with E-state index in [1.165, 1.54) is 6.20 Å². The monoisotopic (exact) mass is 207 g/mol. The van der Waals surface area contributed by atoms with E-state index in [4.69, 9.17) is 10.5 Å². The summed E-state index contributed by atoms with van der Waals surface area (Å²) < 4.78 is 4.93. The third-order valence-corrected chi connectivity index (χ3v) is 2.30. The van der Waals surface area contributed by atoms with Crippen molar-refractivity contribution in [3.63, 3.8) is 0 Å². The fourth-order valence-corrected chi connectivity index (χ4v) is 1.44. The van der Waals surface area contributed by atoms with Crippen LogP contribution in [0.4, 0.5) is 5.95 Å². The highest BCUT2D eigenvalue weighted by molar-refractivity contribution is 5.90. The third kappa shape index (κ3) is 2.06. The first-order valence-electron chi connectivity index (χ1n) is 5.02. The largest absolute Gasteiger partial charge is 0.462 e. The predicted octanol–water partition coefficient (Wildman–Crippen LogP) is 1.11. The zero-order valence-corrected chi connectivity index (χ0v) is 8.56. The molecular formula is C10H13N3O2. The van der Waals surface area contributed by atoms with Crippen LogP contribution in [0.1, 0.15) is 41.7 Å². The Balaban J connectivity index is 2.32. The molecule has 1 saturated carbocycles. The van der Waals surface area contributed by atoms with Crippen molar-refractivity contribution in [3.05, 3.63) is 17.5 Å². The molecule has 1 aromatic heterocycles. The second kappa shape index (κ2) is 3.84. The standard InChI is InChI=1S/C10H13N3O2/c1-2-15-9(14)7-5-12-10(11)13-8(7)6-3-4-6/h5-6H,2-4H2,1H3,(H2,11,12,13). The maximum atomic E-state index is 11.6. The Bertz CT molecular complexity index is 388. The number of carbonyl (C=O) groups excluding carboxylic acids is 1. The SMILES string of the molecule is CCOC(=O)c1cnc(N)nc1C1CC1. The molecule has 0 atom stereocenters. The Hall–Kier alpha value is -1.65. The predicted molar refractivity (Wildman–Crippen MR) is 54.4 cm³/mol. The molecule has 0 spiro atoms. The van der Waals surface area contributed by atoms with E-state index in [2.05, 4.69) is 9.97 Å². The van der Waals surface area contributed by atoms with E-state index in [-0.39, 0.29) is 11.9 Å². The number of nitrogens with zero attached hydrogens (tertiary/aromatic N) is 2. The number of aromatic nitrogens is 2. The smallest absolute Gasteiger partial charge is 0.341 e. The van der Waals surface area contributed by atoms with Crippen molar-refractivity contribution >= 4 is 11.9 Å². The average Bonchev–Trinajstić information content (AvgIpc) is 3.01. The topological polar surface area (TPSA) is 78.1 Å². The number of carbonyl (C=O) groups is 1. The number of esters is 1. The molecule has 0 unspecified atom stereocenters. The minimum Gasteiger partial charge on any atom is -0.462 e. The molecule has 0 aliphatic heterocycles. The normalized spacial score (nSPS) is 15.0. The maximum absolute atomic E-state index is 11.6. The van der Waals surface area contributed by atoms with Crippen LogP contribution in [0.2, 0.25) is 0 Å². The summed E-state index contributed by atoms with van der Waals surface area (Å²) in [6, 6.07) is 0. The summed E-state index contributed by atoms with van der Waals surface area (Å²) in [5.41, 5.74) is 6.68. The number of hydrogen-bond acceptors (Lipinski definition) is 5. The van der Waals surface area contributed by atoms with Crippen LogP contribution in [0.3, 0.4) is 0 Å². The lowest BCUT2D eigenvalue weighted by Crippen LogP contribution is -2.11. The van der Waals surface area contributed by atoms with E-state index >= 15 is 0 Å². The van der Waals surface area contributed by atoms with Crippen LogP contribution in [0.5, 0.6) is 0 Å². The van der Waals surface area contributed by atoms with Crippen molar-refractivity contribution in [2.75, 3.05) is 12.3 Å². The van der Waals surface area contributed by atoms with Crippen molar-refractivity contribution in [2.24, 2.45) is 0 Å². The number of anilines is 1. The van der Waals surface area contributed by atoms with Gasteiger partial charge in [-0.3, -0.25) is 0 Å². The fraction of sp³-hybridized carbons (Fsp3) is 0.500. The first-order valence-corrected chi connectivity index (χ1v) is 5.02. The molecular weight excluding hydrogens is 194 g/mol. The summed E-state index contributed by atoms with van der Waals surface area (Å²) in [6.07, 6.45) is 3.57. The van der Waals surface area contributed by atoms with Crippen LogP contribution in [0.15, 0.2) is 6.20 Å². The lowest BCUT2D eigenvalue weighted by molar-refractivity contribution is 0.0524. The molecule has 1 aliphatic rings. The second-order valence-corrected chi connectivity index (χ2v) is 3.52. The number of nitrogens with two attached hydrogens (primary N) is 1. The Morgan fingerprint density at radius 1 is 1.67 bits per heavy atom. The van der Waals surface area contributed by atoms with E-state index in [1.54, 1.807) is 6.92 Å². The molecule has 1 aromatic rings. The summed E-state index contributed by atoms with van der Waals surface area (Å²) >= 11 is 0. The minimum atomic E-state index is -0.362. The van der Waals surface area contributed by atoms with E-state index in [0.29, 0.717) is 18.1 Å². The molecule has 5 nitrogen and oxygen atoms in total. The molecule has 80 valence electrons. The zero-order valence-electron chi connectivity index (χ0n) is 8.56. The zero-order chi connectivity index (χ0) is 10.8. The first-order chi connectivity index (χ1) is 7.22. The average molecular weight is 207 g/mol. The molecule has 1 heterocycles. The number of hydrogen-bond donors (Lipinski definition) is 1. The van der Waals surface area contributed by atoms with Crippen molar-refractivity contribution in [1.29, 1.82) is 0 Å². The van der Waals surface area contributed by atoms with E-state index in [9.17, 15) is 4.79 Å². The van der Waals surface area contributed by atoms with E-state index in [1.807, 2.05) is 0 Å². The molecule has 0 aromatic carbocycles. The van der Waals surface area contributed by atoms with Crippen LogP contribution in [0, 0.1) is 0 Å². The number of rotatable bonds is 3. The van der Waals surface area contributed by atoms with Crippen molar-refractivity contribution in [1.82, 2.24) is 9.97 Å². The molecule has 1 fully saturated rings. The fourth-order valence-electron chi connectivity index (χ4n) is 1.44. The quantitative estimate of drug-likeness (QED) is 0.751. The van der Waals surface area contributed by atoms with Gasteiger partial charge in [-0.25, -0.2) is 14.8 Å². The van der Waals surface area contributed by atoms with Gasteiger partial charge in [-0.2, -0.15) is 0 Å². The Morgan fingerprint density at radius 2 is 2.40 bits per heavy atom. The lowest BCUT2D eigenvalue weighted by Gasteiger charge is -2.06. The van der Waals surface area contributed by atoms with Crippen molar-refractivity contribution < 1.29 is 9.53 Å². The molecule has 0 amide bonds. The number of ether oxygens (including phenoxy) is 1. The molecule has 5 heteroatoms. The second-order valence-electron chi connectivity index (χ2n) is 3.52. The highest BCUT2D eigenvalue weighted by atomic mass is 16.5. The van der Waals surface area contributed by atoms with Gasteiger partial charge < -0.3 is 10.5 Å². The maximum Gasteiger partial charge on any atom is 0.341 e. The molecule has 0 bridgehead atoms. The highest BCUT2D eigenvalue weighted by Gasteiger charge is 2.30. The van der Waals surface area contributed by atoms with Crippen LogP contribution < -0.4 is 5.73 Å². The molecule has 2 N–H and O–H groups in total. The Labute approximate surface area is 87.7 Å². The highest BCUT2D eigenvalue weighted by Crippen LogP contribution is 2.40. The van der Waals surface area contributed by atoms with Crippen LogP contribution in [-0.2, 0) is 4.74 Å². The van der Waals surface area contributed by atoms with Gasteiger partial charge in [0.2, 0.25) is 5.95 Å². The van der Waals surface area contributed by atoms with Gasteiger partial charge in [0.15, 0.2) is 0 Å². The van der Waals surface area contributed by atoms with Gasteiger partial charge in [0.25, 0.3) is 0 Å². The van der Waals surface area contributed by atoms with Gasteiger partial charge >= 0.3 is 5.97 Å². The lowest BCUT2D eigenvalue weighted by atomic mass is 10.1. The molecule has 2 rings (SSSR count). The summed E-state index contributed by atoms with van der Waals surface area (Å²) in [6.45, 7) is 2.13. The minimum absolute atomic E-state index is 0.213. The van der Waals surface area contributed by atoms with Crippen LogP contribution in [-0.4, -0.2) is 22.5 Å². The van der Waals surface area contributed by atoms with Gasteiger partial charge in [0.1, 0.15) is 0 Å². The third-order valence-electron chi connectivity index (χ3n) is 2.30. The van der Waals surface area contributed by atoms with Crippen molar-refractivity contribution in [2.45, 2.75) is 25.7 Å².